The highest BCUT2D eigenvalue weighted by Gasteiger charge is 2.14. The van der Waals surface area contributed by atoms with Crippen LogP contribution < -0.4 is 5.73 Å². The van der Waals surface area contributed by atoms with E-state index in [4.69, 9.17) is 5.73 Å². The lowest BCUT2D eigenvalue weighted by Crippen LogP contribution is -2.09. The van der Waals surface area contributed by atoms with E-state index in [1.807, 2.05) is 0 Å². The predicted molar refractivity (Wildman–Crippen MR) is 56.9 cm³/mol. The van der Waals surface area contributed by atoms with E-state index in [2.05, 4.69) is 9.84 Å². The summed E-state index contributed by atoms with van der Waals surface area (Å²) in [6.07, 6.45) is 3.13. The fourth-order valence-electron chi connectivity index (χ4n) is 1.03. The lowest BCUT2D eigenvalue weighted by molar-refractivity contribution is 0.0594. The van der Waals surface area contributed by atoms with Crippen LogP contribution in [0.2, 0.25) is 0 Å². The smallest absolute Gasteiger partial charge is 0.360 e. The van der Waals surface area contributed by atoms with E-state index < -0.39 is 16.8 Å². The van der Waals surface area contributed by atoms with Gasteiger partial charge in [-0.25, -0.2) is 4.79 Å². The average Bonchev–Trinajstić information content (AvgIpc) is 2.55. The van der Waals surface area contributed by atoms with E-state index in [0.29, 0.717) is 12.3 Å². The van der Waals surface area contributed by atoms with Gasteiger partial charge in [0.25, 0.3) is 0 Å². The first-order valence-electron chi connectivity index (χ1n) is 4.26. The molecule has 1 atom stereocenters. The second kappa shape index (κ2) is 4.92. The zero-order chi connectivity index (χ0) is 11.4. The molecule has 0 aliphatic rings. The van der Waals surface area contributed by atoms with Gasteiger partial charge in [-0.2, -0.15) is 5.10 Å². The van der Waals surface area contributed by atoms with Crippen LogP contribution in [0.15, 0.2) is 6.20 Å². The Labute approximate surface area is 89.9 Å². The number of aromatic nitrogens is 2. The summed E-state index contributed by atoms with van der Waals surface area (Å²) in [5.41, 5.74) is 5.93. The van der Waals surface area contributed by atoms with Crippen molar-refractivity contribution in [3.63, 3.8) is 0 Å². The molecule has 1 aromatic rings. The zero-order valence-electron chi connectivity index (χ0n) is 8.60. The molecule has 0 amide bonds. The second-order valence-corrected chi connectivity index (χ2v) is 4.52. The number of carbonyl (C=O) groups is 1. The number of ether oxygens (including phenoxy) is 1. The third-order valence-electron chi connectivity index (χ3n) is 1.78. The summed E-state index contributed by atoms with van der Waals surface area (Å²) in [5.74, 6) is -0.0919. The summed E-state index contributed by atoms with van der Waals surface area (Å²) in [5, 5.41) is 3.94. The molecule has 0 aromatic carbocycles. The third kappa shape index (κ3) is 3.05. The molecule has 1 heterocycles. The zero-order valence-corrected chi connectivity index (χ0v) is 9.41. The molecule has 84 valence electrons. The standard InChI is InChI=1S/C8H13N3O3S/c1-14-8(12)7-6(9)5-11(10-7)3-4-15(2)13/h5H,3-4,9H2,1-2H3. The van der Waals surface area contributed by atoms with Gasteiger partial charge in [-0.1, -0.05) is 0 Å². The van der Waals surface area contributed by atoms with E-state index in [0.717, 1.165) is 0 Å². The van der Waals surface area contributed by atoms with Crippen LogP contribution in [0.1, 0.15) is 10.5 Å². The summed E-state index contributed by atoms with van der Waals surface area (Å²) in [7, 11) is 0.372. The minimum Gasteiger partial charge on any atom is -0.464 e. The van der Waals surface area contributed by atoms with E-state index >= 15 is 0 Å². The van der Waals surface area contributed by atoms with E-state index in [1.54, 1.807) is 6.26 Å². The molecular weight excluding hydrogens is 218 g/mol. The molecule has 0 saturated heterocycles. The average molecular weight is 231 g/mol. The van der Waals surface area contributed by atoms with Gasteiger partial charge in [-0.15, -0.1) is 0 Å². The highest BCUT2D eigenvalue weighted by molar-refractivity contribution is 7.84. The summed E-state index contributed by atoms with van der Waals surface area (Å²) in [6, 6.07) is 0. The maximum Gasteiger partial charge on any atom is 0.360 e. The molecule has 7 heteroatoms. The van der Waals surface area contributed by atoms with Gasteiger partial charge in [-0.3, -0.25) is 8.89 Å². The Morgan fingerprint density at radius 1 is 1.73 bits per heavy atom. The van der Waals surface area contributed by atoms with Crippen LogP contribution in [-0.2, 0) is 22.1 Å². The maximum atomic E-state index is 11.1. The molecule has 2 N–H and O–H groups in total. The van der Waals surface area contributed by atoms with Crippen molar-refractivity contribution >= 4 is 22.5 Å². The number of esters is 1. The number of nitrogens with zero attached hydrogens (tertiary/aromatic N) is 2. The molecule has 1 rings (SSSR count). The molecule has 0 bridgehead atoms. The number of methoxy groups -OCH3 is 1. The van der Waals surface area contributed by atoms with Crippen molar-refractivity contribution in [2.24, 2.45) is 0 Å². The van der Waals surface area contributed by atoms with Gasteiger partial charge in [0.05, 0.1) is 19.3 Å². The number of rotatable bonds is 4. The predicted octanol–water partition coefficient (Wildman–Crippen LogP) is -0.370. The topological polar surface area (TPSA) is 87.2 Å². The maximum absolute atomic E-state index is 11.1. The molecule has 0 aliphatic carbocycles. The molecule has 0 aliphatic heterocycles. The Bertz CT molecular complexity index is 388. The summed E-state index contributed by atoms with van der Waals surface area (Å²) in [4.78, 5) is 11.1. The number of hydrogen-bond acceptors (Lipinski definition) is 5. The Kier molecular flexibility index (Phi) is 3.84. The van der Waals surface area contributed by atoms with Crippen LogP contribution in [0, 0.1) is 0 Å². The first kappa shape index (κ1) is 11.7. The highest BCUT2D eigenvalue weighted by Crippen LogP contribution is 2.09. The van der Waals surface area contributed by atoms with Crippen LogP contribution in [0.5, 0.6) is 0 Å². The van der Waals surface area contributed by atoms with Crippen LogP contribution in [0.3, 0.4) is 0 Å². The first-order valence-corrected chi connectivity index (χ1v) is 5.98. The monoisotopic (exact) mass is 231 g/mol. The van der Waals surface area contributed by atoms with Crippen molar-refractivity contribution in [1.29, 1.82) is 0 Å². The Hall–Kier alpha value is -1.37. The van der Waals surface area contributed by atoms with Gasteiger partial charge in [0.15, 0.2) is 5.69 Å². The lowest BCUT2D eigenvalue weighted by atomic mass is 10.4. The van der Waals surface area contributed by atoms with Gasteiger partial charge in [0, 0.05) is 29.0 Å². The van der Waals surface area contributed by atoms with Crippen LogP contribution in [0.4, 0.5) is 5.69 Å². The minimum absolute atomic E-state index is 0.0967. The molecule has 0 saturated carbocycles. The number of nitrogens with two attached hydrogens (primary N) is 1. The molecule has 0 fully saturated rings. The molecule has 0 radical (unpaired) electrons. The number of aryl methyl sites for hydroxylation is 1. The molecule has 0 spiro atoms. The number of hydrogen-bond donors (Lipinski definition) is 1. The SMILES string of the molecule is COC(=O)c1nn(CCS(C)=O)cc1N. The summed E-state index contributed by atoms with van der Waals surface area (Å²) in [6.45, 7) is 0.463. The number of anilines is 1. The van der Waals surface area contributed by atoms with Crippen molar-refractivity contribution in [2.45, 2.75) is 6.54 Å². The van der Waals surface area contributed by atoms with Crippen molar-refractivity contribution in [3.05, 3.63) is 11.9 Å². The van der Waals surface area contributed by atoms with Crippen LogP contribution in [0.25, 0.3) is 0 Å². The number of nitrogen functional groups attached to an aromatic ring is 1. The fraction of sp³-hybridized carbons (Fsp3) is 0.500. The normalized spacial score (nSPS) is 12.4. The molecule has 1 aromatic heterocycles. The van der Waals surface area contributed by atoms with Crippen LogP contribution >= 0.6 is 0 Å². The van der Waals surface area contributed by atoms with Crippen molar-refractivity contribution in [3.8, 4) is 0 Å². The van der Waals surface area contributed by atoms with Gasteiger partial charge in [-0.05, 0) is 0 Å². The minimum atomic E-state index is -0.894. The van der Waals surface area contributed by atoms with Gasteiger partial charge in [0.1, 0.15) is 0 Å². The first-order chi connectivity index (χ1) is 7.04. The lowest BCUT2D eigenvalue weighted by Gasteiger charge is -1.97. The summed E-state index contributed by atoms with van der Waals surface area (Å²) >= 11 is 0. The molecular formula is C8H13N3O3S. The fourth-order valence-corrected chi connectivity index (χ4v) is 1.47. The van der Waals surface area contributed by atoms with Crippen molar-refractivity contribution in [2.75, 3.05) is 24.9 Å². The molecule has 1 unspecified atom stereocenters. The number of carbonyl (C=O) groups excluding carboxylic acids is 1. The van der Waals surface area contributed by atoms with E-state index in [9.17, 15) is 9.00 Å². The summed E-state index contributed by atoms with van der Waals surface area (Å²) < 4.78 is 16.8. The second-order valence-electron chi connectivity index (χ2n) is 2.97. The molecule has 6 nitrogen and oxygen atoms in total. The van der Waals surface area contributed by atoms with E-state index in [1.165, 1.54) is 18.0 Å². The van der Waals surface area contributed by atoms with Gasteiger partial charge < -0.3 is 10.5 Å². The van der Waals surface area contributed by atoms with Gasteiger partial charge in [0.2, 0.25) is 0 Å². The Morgan fingerprint density at radius 3 is 2.93 bits per heavy atom. The highest BCUT2D eigenvalue weighted by atomic mass is 32.2. The van der Waals surface area contributed by atoms with E-state index in [-0.39, 0.29) is 11.4 Å². The van der Waals surface area contributed by atoms with Crippen molar-refractivity contribution < 1.29 is 13.7 Å². The largest absolute Gasteiger partial charge is 0.464 e. The quantitative estimate of drug-likeness (QED) is 0.714. The van der Waals surface area contributed by atoms with Gasteiger partial charge >= 0.3 is 5.97 Å². The van der Waals surface area contributed by atoms with Crippen LogP contribution in [-0.4, -0.2) is 39.1 Å². The third-order valence-corrected chi connectivity index (χ3v) is 2.53. The Balaban J connectivity index is 2.76. The van der Waals surface area contributed by atoms with Crippen molar-refractivity contribution in [1.82, 2.24) is 9.78 Å². The molecule has 15 heavy (non-hydrogen) atoms. The Morgan fingerprint density at radius 2 is 2.40 bits per heavy atom.